The Kier molecular flexibility index (Phi) is 38.0. The second kappa shape index (κ2) is 39.2. The van der Waals surface area contributed by atoms with Crippen LogP contribution < -0.4 is 0 Å². The summed E-state index contributed by atoms with van der Waals surface area (Å²) in [6.45, 7) is 4.76. The molecule has 0 amide bonds. The minimum absolute atomic E-state index is 0.0426. The van der Waals surface area contributed by atoms with Gasteiger partial charge in [-0.3, -0.25) is 9.59 Å². The van der Waals surface area contributed by atoms with E-state index in [0.29, 0.717) is 19.3 Å². The van der Waals surface area contributed by atoms with Crippen molar-refractivity contribution in [2.45, 2.75) is 244 Å². The topological polar surface area (TPSA) is 99.1 Å². The van der Waals surface area contributed by atoms with Gasteiger partial charge in [0, 0.05) is 19.3 Å². The number of hydrogen-bond donors (Lipinski definition) is 1. The van der Waals surface area contributed by atoms with Crippen LogP contribution >= 0.6 is 0 Å². The summed E-state index contributed by atoms with van der Waals surface area (Å²) in [6, 6.07) is -0.607. The van der Waals surface area contributed by atoms with Gasteiger partial charge in [0.25, 0.3) is 0 Å². The van der Waals surface area contributed by atoms with Crippen molar-refractivity contribution >= 4 is 17.9 Å². The zero-order valence-corrected chi connectivity index (χ0v) is 37.2. The van der Waals surface area contributed by atoms with Gasteiger partial charge >= 0.3 is 17.9 Å². The van der Waals surface area contributed by atoms with Crippen LogP contribution in [0.2, 0.25) is 0 Å². The van der Waals surface area contributed by atoms with Gasteiger partial charge in [0.2, 0.25) is 0 Å². The lowest BCUT2D eigenvalue weighted by Gasteiger charge is -2.31. The number of carboxylic acid groups (broad SMARTS) is 1. The molecule has 0 fully saturated rings. The maximum absolute atomic E-state index is 12.7. The lowest BCUT2D eigenvalue weighted by atomic mass is 10.0. The summed E-state index contributed by atoms with van der Waals surface area (Å²) >= 11 is 0. The minimum Gasteiger partial charge on any atom is -0.477 e. The van der Waals surface area contributed by atoms with E-state index in [1.807, 2.05) is 21.1 Å². The molecule has 0 saturated carbocycles. The van der Waals surface area contributed by atoms with Crippen molar-refractivity contribution in [3.8, 4) is 0 Å². The molecule has 8 heteroatoms. The first-order valence-electron chi connectivity index (χ1n) is 23.6. The van der Waals surface area contributed by atoms with Crippen molar-refractivity contribution < 1.29 is 38.2 Å². The average Bonchev–Trinajstić information content (AvgIpc) is 3.14. The van der Waals surface area contributed by atoms with Crippen LogP contribution in [0.25, 0.3) is 0 Å². The summed E-state index contributed by atoms with van der Waals surface area (Å²) in [5.41, 5.74) is 0. The Hall–Kier alpha value is -1.67. The van der Waals surface area contributed by atoms with Crippen LogP contribution in [-0.4, -0.2) is 80.6 Å². The number of carboxylic acids is 1. The fraction of sp³-hybridized carbons (Fsp3) is 0.936. The highest BCUT2D eigenvalue weighted by atomic mass is 16.6. The van der Waals surface area contributed by atoms with Crippen LogP contribution in [0.15, 0.2) is 0 Å². The number of nitrogens with zero attached hydrogens (tertiary/aromatic N) is 1. The number of esters is 2. The van der Waals surface area contributed by atoms with E-state index in [9.17, 15) is 19.5 Å². The Labute approximate surface area is 340 Å². The van der Waals surface area contributed by atoms with E-state index in [0.717, 1.165) is 38.5 Å². The Morgan fingerprint density at radius 2 is 0.800 bits per heavy atom. The van der Waals surface area contributed by atoms with Gasteiger partial charge < -0.3 is 23.8 Å². The van der Waals surface area contributed by atoms with Gasteiger partial charge in [-0.05, 0) is 12.8 Å². The molecule has 0 aliphatic carbocycles. The first kappa shape index (κ1) is 53.3. The second-order valence-electron chi connectivity index (χ2n) is 17.4. The van der Waals surface area contributed by atoms with E-state index in [4.69, 9.17) is 14.2 Å². The molecule has 0 aromatic heterocycles. The van der Waals surface area contributed by atoms with Crippen molar-refractivity contribution in [2.24, 2.45) is 0 Å². The average molecular weight is 783 g/mol. The van der Waals surface area contributed by atoms with Gasteiger partial charge in [-0.1, -0.05) is 200 Å². The third kappa shape index (κ3) is 37.7. The fourth-order valence-electron chi connectivity index (χ4n) is 7.33. The summed E-state index contributed by atoms with van der Waals surface area (Å²) in [7, 11) is 5.54. The molecule has 0 saturated heterocycles. The maximum atomic E-state index is 12.7. The highest BCUT2D eigenvalue weighted by Crippen LogP contribution is 2.17. The Morgan fingerprint density at radius 3 is 1.13 bits per heavy atom. The maximum Gasteiger partial charge on any atom is 0.362 e. The number of likely N-dealkylation sites (N-methyl/N-ethyl adjacent to an activating group) is 1. The van der Waals surface area contributed by atoms with Crippen molar-refractivity contribution in [2.75, 3.05) is 41.0 Å². The van der Waals surface area contributed by atoms with Gasteiger partial charge in [-0.25, -0.2) is 4.79 Å². The predicted molar refractivity (Wildman–Crippen MR) is 229 cm³/mol. The molecule has 8 nitrogen and oxygen atoms in total. The first-order chi connectivity index (χ1) is 26.6. The van der Waals surface area contributed by atoms with Crippen LogP contribution in [0.1, 0.15) is 232 Å². The highest BCUT2D eigenvalue weighted by Gasteiger charge is 2.31. The van der Waals surface area contributed by atoms with Crippen LogP contribution in [-0.2, 0) is 28.6 Å². The van der Waals surface area contributed by atoms with Crippen molar-refractivity contribution in [3.05, 3.63) is 0 Å². The largest absolute Gasteiger partial charge is 0.477 e. The zero-order chi connectivity index (χ0) is 40.7. The van der Waals surface area contributed by atoms with Gasteiger partial charge in [0.15, 0.2) is 12.1 Å². The SMILES string of the molecule is CCCCCCCCCCCCCCCCCCCCCCCCC(=O)OC(COCCC(C(=O)O)[N+](C)(C)C)COC(=O)CCCCCCCCCCC. The molecule has 55 heavy (non-hydrogen) atoms. The highest BCUT2D eigenvalue weighted by molar-refractivity contribution is 5.72. The quantitative estimate of drug-likeness (QED) is 0.0373. The molecule has 0 spiro atoms. The molecule has 0 aromatic rings. The molecule has 0 aliphatic heterocycles. The third-order valence-corrected chi connectivity index (χ3v) is 11.0. The molecule has 0 aliphatic rings. The zero-order valence-electron chi connectivity index (χ0n) is 37.2. The molecule has 2 atom stereocenters. The number of unbranched alkanes of at least 4 members (excludes halogenated alkanes) is 29. The Bertz CT molecular complexity index is 874. The number of aliphatic carboxylic acids is 1. The van der Waals surface area contributed by atoms with Crippen molar-refractivity contribution in [1.82, 2.24) is 0 Å². The van der Waals surface area contributed by atoms with Crippen molar-refractivity contribution in [3.63, 3.8) is 0 Å². The van der Waals surface area contributed by atoms with Crippen LogP contribution in [0, 0.1) is 0 Å². The fourth-order valence-corrected chi connectivity index (χ4v) is 7.33. The van der Waals surface area contributed by atoms with E-state index >= 15 is 0 Å². The molecule has 326 valence electrons. The summed E-state index contributed by atoms with van der Waals surface area (Å²) in [4.78, 5) is 36.9. The lowest BCUT2D eigenvalue weighted by molar-refractivity contribution is -0.887. The Balaban J connectivity index is 4.13. The summed E-state index contributed by atoms with van der Waals surface area (Å²) in [5, 5.41) is 9.61. The molecule has 1 N–H and O–H groups in total. The number of ether oxygens (including phenoxy) is 3. The molecule has 0 heterocycles. The molecular weight excluding hydrogens is 691 g/mol. The summed E-state index contributed by atoms with van der Waals surface area (Å²) < 4.78 is 17.3. The van der Waals surface area contributed by atoms with E-state index in [-0.39, 0.29) is 36.2 Å². The Morgan fingerprint density at radius 1 is 0.473 bits per heavy atom. The molecule has 0 aromatic carbocycles. The van der Waals surface area contributed by atoms with Crippen LogP contribution in [0.4, 0.5) is 0 Å². The predicted octanol–water partition coefficient (Wildman–Crippen LogP) is 12.9. The van der Waals surface area contributed by atoms with E-state index in [2.05, 4.69) is 13.8 Å². The van der Waals surface area contributed by atoms with Gasteiger partial charge in [-0.2, -0.15) is 0 Å². The molecule has 0 rings (SSSR count). The van der Waals surface area contributed by atoms with Gasteiger partial charge in [0.05, 0.1) is 34.4 Å². The van der Waals surface area contributed by atoms with Crippen LogP contribution in [0.3, 0.4) is 0 Å². The van der Waals surface area contributed by atoms with Gasteiger partial charge in [-0.15, -0.1) is 0 Å². The number of hydrogen-bond acceptors (Lipinski definition) is 6. The van der Waals surface area contributed by atoms with Crippen LogP contribution in [0.5, 0.6) is 0 Å². The first-order valence-corrected chi connectivity index (χ1v) is 23.6. The summed E-state index contributed by atoms with van der Waals surface area (Å²) in [5.74, 6) is -1.45. The molecule has 0 bridgehead atoms. The minimum atomic E-state index is -0.871. The van der Waals surface area contributed by atoms with E-state index < -0.39 is 18.1 Å². The molecule has 0 radical (unpaired) electrons. The lowest BCUT2D eigenvalue weighted by Crippen LogP contribution is -2.50. The smallest absolute Gasteiger partial charge is 0.362 e. The monoisotopic (exact) mass is 783 g/mol. The van der Waals surface area contributed by atoms with Crippen molar-refractivity contribution in [1.29, 1.82) is 0 Å². The second-order valence-corrected chi connectivity index (χ2v) is 17.4. The van der Waals surface area contributed by atoms with E-state index in [1.54, 1.807) is 0 Å². The van der Waals surface area contributed by atoms with E-state index in [1.165, 1.54) is 161 Å². The number of carbonyl (C=O) groups is 3. The van der Waals surface area contributed by atoms with Gasteiger partial charge in [0.1, 0.15) is 6.61 Å². The number of quaternary nitrogens is 1. The third-order valence-electron chi connectivity index (χ3n) is 11.0. The normalized spacial score (nSPS) is 12.8. The molecule has 2 unspecified atom stereocenters. The standard InChI is InChI=1S/C47H91NO7/c1-6-8-10-12-14-16-17-18-19-20-21-22-23-24-25-26-27-28-30-32-34-36-38-46(50)55-43(41-53-40-39-44(47(51)52)48(3,4)5)42-54-45(49)37-35-33-31-29-15-13-11-9-7-2/h43-44H,6-42H2,1-5H3/p+1. The number of rotatable bonds is 43. The summed E-state index contributed by atoms with van der Waals surface area (Å²) in [6.07, 6.45) is 40.1. The molecular formula is C47H92NO7+. The number of carbonyl (C=O) groups excluding carboxylic acids is 2.